The second kappa shape index (κ2) is 8.54. The van der Waals surface area contributed by atoms with Gasteiger partial charge in [0.2, 0.25) is 0 Å². The van der Waals surface area contributed by atoms with Crippen molar-refractivity contribution in [2.75, 3.05) is 14.2 Å². The van der Waals surface area contributed by atoms with Gasteiger partial charge >= 0.3 is 11.9 Å². The second-order valence-electron chi connectivity index (χ2n) is 8.27. The Balaban J connectivity index is 2.26. The van der Waals surface area contributed by atoms with E-state index in [-0.39, 0.29) is 11.5 Å². The molecule has 1 aromatic rings. The predicted molar refractivity (Wildman–Crippen MR) is 114 cm³/mol. The van der Waals surface area contributed by atoms with Crippen LogP contribution in [0.3, 0.4) is 0 Å². The van der Waals surface area contributed by atoms with Crippen LogP contribution in [-0.2, 0) is 9.59 Å². The van der Waals surface area contributed by atoms with E-state index in [1.54, 1.807) is 33.1 Å². The first-order valence-corrected chi connectivity index (χ1v) is 10.4. The molecule has 0 amide bonds. The van der Waals surface area contributed by atoms with Gasteiger partial charge in [-0.2, -0.15) is 0 Å². The van der Waals surface area contributed by atoms with Crippen molar-refractivity contribution in [2.24, 2.45) is 17.3 Å². The van der Waals surface area contributed by atoms with Gasteiger partial charge in [-0.25, -0.2) is 4.79 Å². The van der Waals surface area contributed by atoms with E-state index in [1.165, 1.54) is 7.11 Å². The normalized spacial score (nSPS) is 24.9. The zero-order valence-corrected chi connectivity index (χ0v) is 18.0. The average molecular weight is 414 g/mol. The van der Waals surface area contributed by atoms with Crippen molar-refractivity contribution >= 4 is 17.5 Å². The molecule has 3 rings (SSSR count). The number of aliphatic carboxylic acids is 2. The van der Waals surface area contributed by atoms with Gasteiger partial charge in [-0.3, -0.25) is 4.79 Å². The molecule has 6 heteroatoms. The van der Waals surface area contributed by atoms with Crippen molar-refractivity contribution < 1.29 is 29.3 Å². The maximum Gasteiger partial charge on any atom is 0.332 e. The Morgan fingerprint density at radius 1 is 1.03 bits per heavy atom. The number of hydrogen-bond donors (Lipinski definition) is 2. The number of methoxy groups -OCH3 is 2. The van der Waals surface area contributed by atoms with Crippen molar-refractivity contribution in [3.8, 4) is 11.5 Å². The molecule has 1 fully saturated rings. The molecule has 2 aliphatic rings. The maximum absolute atomic E-state index is 12.8. The lowest BCUT2D eigenvalue weighted by Crippen LogP contribution is -2.47. The minimum Gasteiger partial charge on any atom is -0.493 e. The van der Waals surface area contributed by atoms with E-state index in [0.29, 0.717) is 22.6 Å². The third-order valence-corrected chi connectivity index (χ3v) is 6.92. The van der Waals surface area contributed by atoms with E-state index in [4.69, 9.17) is 9.47 Å². The second-order valence-corrected chi connectivity index (χ2v) is 8.27. The summed E-state index contributed by atoms with van der Waals surface area (Å²) in [6.07, 6.45) is 6.43. The highest BCUT2D eigenvalue weighted by atomic mass is 16.5. The van der Waals surface area contributed by atoms with Crippen LogP contribution in [0.4, 0.5) is 0 Å². The third-order valence-electron chi connectivity index (χ3n) is 6.92. The van der Waals surface area contributed by atoms with Crippen LogP contribution in [0.2, 0.25) is 0 Å². The summed E-state index contributed by atoms with van der Waals surface area (Å²) in [7, 11) is 3.08. The van der Waals surface area contributed by atoms with Gasteiger partial charge in [0, 0.05) is 11.5 Å². The topological polar surface area (TPSA) is 93.1 Å². The lowest BCUT2D eigenvalue weighted by atomic mass is 9.57. The van der Waals surface area contributed by atoms with Crippen LogP contribution in [0.1, 0.15) is 51.5 Å². The van der Waals surface area contributed by atoms with E-state index >= 15 is 0 Å². The van der Waals surface area contributed by atoms with Crippen LogP contribution in [0.25, 0.3) is 5.57 Å². The predicted octanol–water partition coefficient (Wildman–Crippen LogP) is 4.79. The maximum atomic E-state index is 12.8. The molecule has 0 aromatic heterocycles. The molecular weight excluding hydrogens is 384 g/mol. The van der Waals surface area contributed by atoms with E-state index in [2.05, 4.69) is 0 Å². The summed E-state index contributed by atoms with van der Waals surface area (Å²) < 4.78 is 10.7. The molecule has 2 aliphatic carbocycles. The molecule has 6 nitrogen and oxygen atoms in total. The van der Waals surface area contributed by atoms with Crippen molar-refractivity contribution in [3.05, 3.63) is 41.0 Å². The number of rotatable bonds is 6. The molecule has 1 saturated carbocycles. The average Bonchev–Trinajstić information content (AvgIpc) is 2.74. The molecule has 0 radical (unpaired) electrons. The molecule has 0 aliphatic heterocycles. The Morgan fingerprint density at radius 3 is 2.20 bits per heavy atom. The number of hydrogen-bond acceptors (Lipinski definition) is 4. The van der Waals surface area contributed by atoms with Gasteiger partial charge in [-0.05, 0) is 54.5 Å². The Labute approximate surface area is 177 Å². The molecule has 0 bridgehead atoms. The Kier molecular flexibility index (Phi) is 6.25. The first-order chi connectivity index (χ1) is 14.3. The molecular formula is C24H30O6. The fraction of sp³-hybridized carbons (Fsp3) is 0.500. The van der Waals surface area contributed by atoms with Crippen LogP contribution in [0.5, 0.6) is 11.5 Å². The molecule has 0 saturated heterocycles. The fourth-order valence-electron chi connectivity index (χ4n) is 5.30. The van der Waals surface area contributed by atoms with Crippen molar-refractivity contribution in [1.82, 2.24) is 0 Å². The zero-order valence-electron chi connectivity index (χ0n) is 18.0. The number of carbonyl (C=O) groups is 2. The highest BCUT2D eigenvalue weighted by Gasteiger charge is 2.53. The van der Waals surface area contributed by atoms with Crippen LogP contribution >= 0.6 is 0 Å². The Hall–Kier alpha value is -2.76. The summed E-state index contributed by atoms with van der Waals surface area (Å²) in [6, 6.07) is 5.35. The number of ether oxygens (including phenoxy) is 2. The molecule has 0 heterocycles. The molecule has 2 N–H and O–H groups in total. The number of carboxylic acid groups (broad SMARTS) is 2. The Morgan fingerprint density at radius 2 is 1.67 bits per heavy atom. The van der Waals surface area contributed by atoms with Gasteiger partial charge in [0.1, 0.15) is 0 Å². The van der Waals surface area contributed by atoms with Crippen LogP contribution in [-0.4, -0.2) is 36.4 Å². The smallest absolute Gasteiger partial charge is 0.332 e. The monoisotopic (exact) mass is 414 g/mol. The van der Waals surface area contributed by atoms with Crippen molar-refractivity contribution in [1.29, 1.82) is 0 Å². The molecule has 0 spiro atoms. The minimum absolute atomic E-state index is 0.101. The summed E-state index contributed by atoms with van der Waals surface area (Å²) in [6.45, 7) is 3.51. The zero-order chi connectivity index (χ0) is 22.1. The highest BCUT2D eigenvalue weighted by molar-refractivity contribution is 5.99. The molecule has 162 valence electrons. The third kappa shape index (κ3) is 3.48. The quantitative estimate of drug-likeness (QED) is 0.695. The molecule has 2 atom stereocenters. The molecule has 2 unspecified atom stereocenters. The number of carboxylic acids is 2. The van der Waals surface area contributed by atoms with E-state index in [9.17, 15) is 19.8 Å². The number of allylic oxidation sites excluding steroid dienone is 2. The Bertz CT molecular complexity index is 906. The first kappa shape index (κ1) is 21.9. The summed E-state index contributed by atoms with van der Waals surface area (Å²) >= 11 is 0. The minimum atomic E-state index is -1.25. The highest BCUT2D eigenvalue weighted by Crippen LogP contribution is 2.53. The van der Waals surface area contributed by atoms with Gasteiger partial charge in [-0.15, -0.1) is 0 Å². The summed E-state index contributed by atoms with van der Waals surface area (Å²) in [5.41, 5.74) is 0.873. The van der Waals surface area contributed by atoms with E-state index in [1.807, 2.05) is 12.1 Å². The van der Waals surface area contributed by atoms with Gasteiger partial charge in [0.05, 0.1) is 19.6 Å². The molecule has 1 aromatic carbocycles. The van der Waals surface area contributed by atoms with Gasteiger partial charge in [0.25, 0.3) is 0 Å². The van der Waals surface area contributed by atoms with E-state index < -0.39 is 23.3 Å². The lowest BCUT2D eigenvalue weighted by Gasteiger charge is -2.45. The summed E-state index contributed by atoms with van der Waals surface area (Å²) in [5, 5.41) is 20.5. The van der Waals surface area contributed by atoms with Crippen LogP contribution in [0.15, 0.2) is 35.4 Å². The largest absolute Gasteiger partial charge is 0.493 e. The lowest BCUT2D eigenvalue weighted by molar-refractivity contribution is -0.153. The van der Waals surface area contributed by atoms with Crippen LogP contribution < -0.4 is 9.47 Å². The SMILES string of the molecule is COc1ccc(C2=CC(C(=O)O)(C3CCCCC3)C(C)C(C(=O)O)=C2C)cc1OC. The first-order valence-electron chi connectivity index (χ1n) is 10.4. The van der Waals surface area contributed by atoms with Crippen LogP contribution in [0, 0.1) is 17.3 Å². The van der Waals surface area contributed by atoms with Crippen molar-refractivity contribution in [3.63, 3.8) is 0 Å². The summed E-state index contributed by atoms with van der Waals surface area (Å²) in [5.74, 6) is -1.67. The number of benzene rings is 1. The standard InChI is InChI=1S/C24H30O6/c1-14-18(16-10-11-19(29-3)20(12-16)30-4)13-24(23(27)28,15(2)21(14)22(25)26)17-8-6-5-7-9-17/h10-13,15,17H,5-9H2,1-4H3,(H,25,26)(H,27,28). The van der Waals surface area contributed by atoms with Gasteiger partial charge in [0.15, 0.2) is 11.5 Å². The van der Waals surface area contributed by atoms with Crippen molar-refractivity contribution in [2.45, 2.75) is 46.0 Å². The fourth-order valence-corrected chi connectivity index (χ4v) is 5.30. The van der Waals surface area contributed by atoms with Gasteiger partial charge in [-0.1, -0.05) is 38.3 Å². The van der Waals surface area contributed by atoms with Gasteiger partial charge < -0.3 is 19.7 Å². The van der Waals surface area contributed by atoms with E-state index in [0.717, 1.165) is 37.7 Å². The molecule has 30 heavy (non-hydrogen) atoms. The summed E-state index contributed by atoms with van der Waals surface area (Å²) in [4.78, 5) is 25.0.